The first kappa shape index (κ1) is 19.7. The van der Waals surface area contributed by atoms with Crippen LogP contribution in [0.3, 0.4) is 0 Å². The Kier molecular flexibility index (Phi) is 5.73. The fourth-order valence-electron chi connectivity index (χ4n) is 3.01. The molecule has 0 radical (unpaired) electrons. The van der Waals surface area contributed by atoms with Crippen LogP contribution >= 0.6 is 23.1 Å². The maximum Gasteiger partial charge on any atom is 0.263 e. The average molecular weight is 398 g/mol. The fraction of sp³-hybridized carbons (Fsp3) is 0.381. The highest BCUT2D eigenvalue weighted by Gasteiger charge is 2.21. The van der Waals surface area contributed by atoms with Crippen LogP contribution in [0.15, 0.2) is 34.2 Å². The van der Waals surface area contributed by atoms with Gasteiger partial charge in [0.05, 0.1) is 11.5 Å². The van der Waals surface area contributed by atoms with E-state index < -0.39 is 0 Å². The number of hydrogen-bond donors (Lipinski definition) is 0. The number of nitriles is 1. The predicted octanol–water partition coefficient (Wildman–Crippen LogP) is 5.19. The zero-order valence-electron chi connectivity index (χ0n) is 16.2. The van der Waals surface area contributed by atoms with Gasteiger partial charge in [0.25, 0.3) is 5.56 Å². The number of aromatic nitrogens is 2. The van der Waals surface area contributed by atoms with Gasteiger partial charge in [-0.3, -0.25) is 9.36 Å². The van der Waals surface area contributed by atoms with Crippen molar-refractivity contribution in [2.24, 2.45) is 0 Å². The number of nitrogens with zero attached hydrogens (tertiary/aromatic N) is 3. The molecule has 0 fully saturated rings. The van der Waals surface area contributed by atoms with Crippen molar-refractivity contribution < 1.29 is 0 Å². The van der Waals surface area contributed by atoms with Crippen LogP contribution in [0, 0.1) is 32.1 Å². The van der Waals surface area contributed by atoms with Crippen molar-refractivity contribution in [3.8, 4) is 6.07 Å². The molecule has 0 aliphatic heterocycles. The highest BCUT2D eigenvalue weighted by Crippen LogP contribution is 2.31. The zero-order valence-corrected chi connectivity index (χ0v) is 17.9. The number of aryl methyl sites for hydroxylation is 3. The number of hydrogen-bond acceptors (Lipinski definition) is 5. The molecule has 3 rings (SSSR count). The van der Waals surface area contributed by atoms with Crippen molar-refractivity contribution in [3.63, 3.8) is 0 Å². The van der Waals surface area contributed by atoms with Gasteiger partial charge in [0.2, 0.25) is 0 Å². The van der Waals surface area contributed by atoms with E-state index in [1.165, 1.54) is 17.3 Å². The summed E-state index contributed by atoms with van der Waals surface area (Å²) in [6, 6.07) is 10.6. The van der Waals surface area contributed by atoms with Gasteiger partial charge < -0.3 is 0 Å². The number of benzene rings is 1. The summed E-state index contributed by atoms with van der Waals surface area (Å²) in [5, 5.41) is 10.7. The van der Waals surface area contributed by atoms with Gasteiger partial charge in [-0.1, -0.05) is 41.6 Å². The summed E-state index contributed by atoms with van der Waals surface area (Å²) in [4.78, 5) is 19.8. The van der Waals surface area contributed by atoms with Crippen LogP contribution in [0.5, 0.6) is 0 Å². The molecular formula is C21H23N3OS2. The molecule has 0 N–H and O–H groups in total. The largest absolute Gasteiger partial charge is 0.284 e. The summed E-state index contributed by atoms with van der Waals surface area (Å²) in [6.45, 7) is 10.0. The lowest BCUT2D eigenvalue weighted by Crippen LogP contribution is -2.25. The standard InChI is InChI=1S/C21H23N3OS2/c1-12(2)24-20(25)18-14(4)15(5)26-19(18)23-21(24)27-17(11-22)10-16-8-6-13(3)7-9-16/h6-9,12,17H,10H2,1-5H3/t17-/m0/s1. The Labute approximate surface area is 167 Å². The van der Waals surface area contributed by atoms with Crippen LogP contribution in [-0.4, -0.2) is 14.8 Å². The molecule has 0 spiro atoms. The quantitative estimate of drug-likeness (QED) is 0.439. The maximum absolute atomic E-state index is 13.1. The second kappa shape index (κ2) is 7.87. The molecule has 0 aliphatic rings. The van der Waals surface area contributed by atoms with E-state index in [1.54, 1.807) is 15.9 Å². The van der Waals surface area contributed by atoms with Gasteiger partial charge in [-0.25, -0.2) is 4.98 Å². The van der Waals surface area contributed by atoms with Crippen LogP contribution in [0.2, 0.25) is 0 Å². The minimum atomic E-state index is -0.302. The minimum Gasteiger partial charge on any atom is -0.284 e. The third kappa shape index (κ3) is 3.95. The molecule has 140 valence electrons. The summed E-state index contributed by atoms with van der Waals surface area (Å²) in [5.74, 6) is 0. The van der Waals surface area contributed by atoms with Crippen molar-refractivity contribution in [3.05, 3.63) is 56.2 Å². The Balaban J connectivity index is 2.02. The Morgan fingerprint density at radius 2 is 1.89 bits per heavy atom. The zero-order chi connectivity index (χ0) is 19.7. The lowest BCUT2D eigenvalue weighted by molar-refractivity contribution is 0.519. The van der Waals surface area contributed by atoms with Crippen LogP contribution in [0.4, 0.5) is 0 Å². The molecule has 3 aromatic rings. The Hall–Kier alpha value is -2.10. The molecule has 27 heavy (non-hydrogen) atoms. The van der Waals surface area contributed by atoms with Crippen LogP contribution in [-0.2, 0) is 6.42 Å². The summed E-state index contributed by atoms with van der Waals surface area (Å²) < 4.78 is 1.73. The maximum atomic E-state index is 13.1. The van der Waals surface area contributed by atoms with Crippen molar-refractivity contribution in [1.29, 1.82) is 5.26 Å². The van der Waals surface area contributed by atoms with E-state index in [4.69, 9.17) is 4.98 Å². The lowest BCUT2D eigenvalue weighted by atomic mass is 10.1. The second-order valence-corrected chi connectivity index (χ2v) is 9.43. The SMILES string of the molecule is Cc1ccc(C[C@@H](C#N)Sc2nc3sc(C)c(C)c3c(=O)n2C(C)C)cc1. The minimum absolute atomic E-state index is 0.00799. The van der Waals surface area contributed by atoms with Gasteiger partial charge in [0, 0.05) is 10.9 Å². The summed E-state index contributed by atoms with van der Waals surface area (Å²) >= 11 is 2.93. The van der Waals surface area contributed by atoms with Gasteiger partial charge in [0.1, 0.15) is 10.1 Å². The average Bonchev–Trinajstić information content (AvgIpc) is 2.90. The molecule has 2 heterocycles. The Bertz CT molecular complexity index is 1070. The number of thioether (sulfide) groups is 1. The summed E-state index contributed by atoms with van der Waals surface area (Å²) in [5.41, 5.74) is 3.31. The number of thiophene rings is 1. The van der Waals surface area contributed by atoms with E-state index in [9.17, 15) is 10.1 Å². The van der Waals surface area contributed by atoms with E-state index in [1.807, 2.05) is 34.6 Å². The molecule has 0 saturated heterocycles. The van der Waals surface area contributed by atoms with E-state index in [2.05, 4.69) is 30.3 Å². The highest BCUT2D eigenvalue weighted by molar-refractivity contribution is 8.00. The molecule has 1 atom stereocenters. The Morgan fingerprint density at radius 1 is 1.22 bits per heavy atom. The molecule has 0 amide bonds. The van der Waals surface area contributed by atoms with E-state index in [-0.39, 0.29) is 16.9 Å². The third-order valence-corrected chi connectivity index (χ3v) is 6.81. The summed E-state index contributed by atoms with van der Waals surface area (Å²) in [6.07, 6.45) is 0.621. The second-order valence-electron chi connectivity index (χ2n) is 7.05. The Morgan fingerprint density at radius 3 is 2.48 bits per heavy atom. The molecular weight excluding hydrogens is 374 g/mol. The van der Waals surface area contributed by atoms with Crippen LogP contribution in [0.25, 0.3) is 10.2 Å². The van der Waals surface area contributed by atoms with Gasteiger partial charge in [-0.05, 0) is 52.2 Å². The van der Waals surface area contributed by atoms with Gasteiger partial charge in [0.15, 0.2) is 5.16 Å². The van der Waals surface area contributed by atoms with Crippen molar-refractivity contribution >= 4 is 33.3 Å². The van der Waals surface area contributed by atoms with Crippen molar-refractivity contribution in [2.75, 3.05) is 0 Å². The van der Waals surface area contributed by atoms with E-state index in [0.717, 1.165) is 20.8 Å². The van der Waals surface area contributed by atoms with Gasteiger partial charge in [-0.15, -0.1) is 11.3 Å². The molecule has 0 unspecified atom stereocenters. The highest BCUT2D eigenvalue weighted by atomic mass is 32.2. The first-order chi connectivity index (χ1) is 12.8. The number of fused-ring (bicyclic) bond motifs is 1. The van der Waals surface area contributed by atoms with E-state index >= 15 is 0 Å². The smallest absolute Gasteiger partial charge is 0.263 e. The van der Waals surface area contributed by atoms with Crippen LogP contribution in [0.1, 0.15) is 41.5 Å². The topological polar surface area (TPSA) is 58.7 Å². The lowest BCUT2D eigenvalue weighted by Gasteiger charge is -2.17. The first-order valence-electron chi connectivity index (χ1n) is 8.95. The monoisotopic (exact) mass is 397 g/mol. The third-order valence-electron chi connectivity index (χ3n) is 4.65. The summed E-state index contributed by atoms with van der Waals surface area (Å²) in [7, 11) is 0. The van der Waals surface area contributed by atoms with E-state index in [0.29, 0.717) is 17.0 Å². The van der Waals surface area contributed by atoms with Crippen molar-refractivity contribution in [2.45, 2.75) is 57.5 Å². The first-order valence-corrected chi connectivity index (χ1v) is 10.7. The molecule has 0 saturated carbocycles. The van der Waals surface area contributed by atoms with Gasteiger partial charge in [-0.2, -0.15) is 5.26 Å². The molecule has 4 nitrogen and oxygen atoms in total. The molecule has 1 aromatic carbocycles. The van der Waals surface area contributed by atoms with Crippen molar-refractivity contribution in [1.82, 2.24) is 9.55 Å². The molecule has 0 bridgehead atoms. The predicted molar refractivity (Wildman–Crippen MR) is 114 cm³/mol. The molecule has 6 heteroatoms. The fourth-order valence-corrected chi connectivity index (χ4v) is 5.22. The molecule has 2 aromatic heterocycles. The number of rotatable bonds is 5. The molecule has 0 aliphatic carbocycles. The van der Waals surface area contributed by atoms with Crippen LogP contribution < -0.4 is 5.56 Å². The normalized spacial score (nSPS) is 12.5. The van der Waals surface area contributed by atoms with Gasteiger partial charge >= 0.3 is 0 Å².